The minimum atomic E-state index is -0.0696. The van der Waals surface area contributed by atoms with Crippen molar-refractivity contribution in [3.05, 3.63) is 46.8 Å². The Balaban J connectivity index is 1.80. The van der Waals surface area contributed by atoms with Gasteiger partial charge in [0.15, 0.2) is 0 Å². The van der Waals surface area contributed by atoms with Gasteiger partial charge in [-0.25, -0.2) is 4.98 Å². The van der Waals surface area contributed by atoms with Crippen molar-refractivity contribution in [1.29, 1.82) is 0 Å². The van der Waals surface area contributed by atoms with Crippen LogP contribution in [0.2, 0.25) is 0 Å². The molecule has 3 rings (SSSR count). The van der Waals surface area contributed by atoms with Crippen molar-refractivity contribution in [3.63, 3.8) is 0 Å². The van der Waals surface area contributed by atoms with Crippen LogP contribution in [0.1, 0.15) is 20.3 Å². The highest BCUT2D eigenvalue weighted by Gasteiger charge is 2.07. The van der Waals surface area contributed by atoms with Crippen LogP contribution in [-0.4, -0.2) is 41.0 Å². The number of benzene rings is 1. The van der Waals surface area contributed by atoms with E-state index in [0.717, 1.165) is 54.8 Å². The number of nitrogens with one attached hydrogen (secondary N) is 2. The largest absolute Gasteiger partial charge is 0.370 e. The topological polar surface area (TPSA) is 61.0 Å². The van der Waals surface area contributed by atoms with Crippen LogP contribution in [0.4, 0.5) is 5.82 Å². The Morgan fingerprint density at radius 1 is 1.08 bits per heavy atom. The van der Waals surface area contributed by atoms with Crippen LogP contribution < -0.4 is 10.9 Å². The van der Waals surface area contributed by atoms with Crippen molar-refractivity contribution in [1.82, 2.24) is 14.9 Å². The van der Waals surface area contributed by atoms with Crippen molar-refractivity contribution in [2.24, 2.45) is 0 Å². The minimum Gasteiger partial charge on any atom is -0.370 e. The lowest BCUT2D eigenvalue weighted by molar-refractivity contribution is 0.303. The summed E-state index contributed by atoms with van der Waals surface area (Å²) in [7, 11) is 0. The monoisotopic (exact) mass is 324 g/mol. The van der Waals surface area contributed by atoms with Crippen LogP contribution in [0.3, 0.4) is 0 Å². The van der Waals surface area contributed by atoms with Gasteiger partial charge in [0.25, 0.3) is 5.56 Å². The van der Waals surface area contributed by atoms with E-state index in [1.807, 2.05) is 36.4 Å². The third-order valence-electron chi connectivity index (χ3n) is 4.42. The molecule has 24 heavy (non-hydrogen) atoms. The molecule has 0 radical (unpaired) electrons. The summed E-state index contributed by atoms with van der Waals surface area (Å²) in [5.41, 5.74) is 1.53. The molecule has 0 amide bonds. The van der Waals surface area contributed by atoms with Crippen LogP contribution in [0, 0.1) is 0 Å². The summed E-state index contributed by atoms with van der Waals surface area (Å²) in [4.78, 5) is 22.1. The molecule has 1 aromatic carbocycles. The lowest BCUT2D eigenvalue weighted by atomic mass is 10.1. The number of rotatable bonds is 7. The molecule has 0 saturated heterocycles. The molecule has 3 aromatic rings. The maximum absolute atomic E-state index is 12.1. The number of nitrogens with zero attached hydrogens (tertiary/aromatic N) is 2. The SMILES string of the molecule is CCN(CC)CCCNc1ccc2[nH]c(=O)c3ccccc3c2n1. The van der Waals surface area contributed by atoms with Gasteiger partial charge in [-0.2, -0.15) is 0 Å². The van der Waals surface area contributed by atoms with Gasteiger partial charge in [0.05, 0.1) is 11.0 Å². The van der Waals surface area contributed by atoms with Crippen LogP contribution in [0.5, 0.6) is 0 Å². The summed E-state index contributed by atoms with van der Waals surface area (Å²) in [6.07, 6.45) is 1.08. The lowest BCUT2D eigenvalue weighted by Gasteiger charge is -2.17. The number of aromatic amines is 1. The summed E-state index contributed by atoms with van der Waals surface area (Å²) >= 11 is 0. The summed E-state index contributed by atoms with van der Waals surface area (Å²) in [5, 5.41) is 4.96. The molecule has 0 atom stereocenters. The van der Waals surface area contributed by atoms with Crippen molar-refractivity contribution in [2.45, 2.75) is 20.3 Å². The van der Waals surface area contributed by atoms with E-state index in [0.29, 0.717) is 5.39 Å². The van der Waals surface area contributed by atoms with Gasteiger partial charge >= 0.3 is 0 Å². The average molecular weight is 324 g/mol. The molecular formula is C19H24N4O. The number of pyridine rings is 2. The van der Waals surface area contributed by atoms with Crippen molar-refractivity contribution in [3.8, 4) is 0 Å². The van der Waals surface area contributed by atoms with E-state index in [4.69, 9.17) is 4.98 Å². The van der Waals surface area contributed by atoms with Gasteiger partial charge in [-0.3, -0.25) is 4.79 Å². The molecule has 0 bridgehead atoms. The number of aromatic nitrogens is 2. The zero-order valence-electron chi connectivity index (χ0n) is 14.3. The first-order chi connectivity index (χ1) is 11.7. The van der Waals surface area contributed by atoms with E-state index in [-0.39, 0.29) is 5.56 Å². The highest BCUT2D eigenvalue weighted by atomic mass is 16.1. The molecule has 0 aliphatic carbocycles. The lowest BCUT2D eigenvalue weighted by Crippen LogP contribution is -2.25. The van der Waals surface area contributed by atoms with Gasteiger partial charge in [-0.15, -0.1) is 0 Å². The quantitative estimate of drug-likeness (QED) is 0.517. The Hall–Kier alpha value is -2.40. The molecule has 0 fully saturated rings. The number of hydrogen-bond donors (Lipinski definition) is 2. The standard InChI is InChI=1S/C19H24N4O/c1-3-23(4-2)13-7-12-20-17-11-10-16-18(22-17)14-8-5-6-9-15(14)19(24)21-16/h5-6,8-11H,3-4,7,12-13H2,1-2H3,(H,20,22)(H,21,24). The van der Waals surface area contributed by atoms with E-state index in [2.05, 4.69) is 29.0 Å². The summed E-state index contributed by atoms with van der Waals surface area (Å²) < 4.78 is 0. The fourth-order valence-corrected chi connectivity index (χ4v) is 3.00. The highest BCUT2D eigenvalue weighted by Crippen LogP contribution is 2.20. The molecule has 5 heteroatoms. The Kier molecular flexibility index (Phi) is 5.11. The fraction of sp³-hybridized carbons (Fsp3) is 0.368. The Labute approximate surface area is 141 Å². The van der Waals surface area contributed by atoms with E-state index < -0.39 is 0 Å². The third-order valence-corrected chi connectivity index (χ3v) is 4.42. The van der Waals surface area contributed by atoms with Gasteiger partial charge in [0.1, 0.15) is 5.82 Å². The molecule has 0 aliphatic rings. The molecule has 0 aliphatic heterocycles. The maximum atomic E-state index is 12.1. The molecule has 0 saturated carbocycles. The van der Waals surface area contributed by atoms with Gasteiger partial charge in [0, 0.05) is 17.3 Å². The number of anilines is 1. The maximum Gasteiger partial charge on any atom is 0.256 e. The van der Waals surface area contributed by atoms with Gasteiger partial charge in [-0.05, 0) is 44.3 Å². The first-order valence-corrected chi connectivity index (χ1v) is 8.61. The number of hydrogen-bond acceptors (Lipinski definition) is 4. The third kappa shape index (κ3) is 3.41. The summed E-state index contributed by atoms with van der Waals surface area (Å²) in [5.74, 6) is 0.847. The smallest absolute Gasteiger partial charge is 0.256 e. The zero-order valence-corrected chi connectivity index (χ0v) is 14.3. The second-order valence-corrected chi connectivity index (χ2v) is 5.90. The number of fused-ring (bicyclic) bond motifs is 3. The second-order valence-electron chi connectivity index (χ2n) is 5.90. The average Bonchev–Trinajstić information content (AvgIpc) is 2.62. The molecule has 5 nitrogen and oxygen atoms in total. The first-order valence-electron chi connectivity index (χ1n) is 8.61. The predicted molar refractivity (Wildman–Crippen MR) is 101 cm³/mol. The van der Waals surface area contributed by atoms with Crippen molar-refractivity contribution in [2.75, 3.05) is 31.5 Å². The van der Waals surface area contributed by atoms with Crippen LogP contribution in [-0.2, 0) is 0 Å². The normalized spacial score (nSPS) is 11.5. The van der Waals surface area contributed by atoms with Crippen molar-refractivity contribution < 1.29 is 0 Å². The second kappa shape index (κ2) is 7.45. The minimum absolute atomic E-state index is 0.0696. The molecule has 0 unspecified atom stereocenters. The summed E-state index contributed by atoms with van der Waals surface area (Å²) in [6, 6.07) is 11.4. The molecule has 2 aromatic heterocycles. The van der Waals surface area contributed by atoms with E-state index in [1.165, 1.54) is 0 Å². The Morgan fingerprint density at radius 2 is 1.83 bits per heavy atom. The number of H-pyrrole nitrogens is 1. The molecule has 2 N–H and O–H groups in total. The molecular weight excluding hydrogens is 300 g/mol. The molecule has 126 valence electrons. The van der Waals surface area contributed by atoms with Crippen LogP contribution in [0.25, 0.3) is 21.8 Å². The van der Waals surface area contributed by atoms with Gasteiger partial charge < -0.3 is 15.2 Å². The molecule has 0 spiro atoms. The van der Waals surface area contributed by atoms with E-state index in [9.17, 15) is 4.79 Å². The van der Waals surface area contributed by atoms with Crippen molar-refractivity contribution >= 4 is 27.6 Å². The first kappa shape index (κ1) is 16.5. The highest BCUT2D eigenvalue weighted by molar-refractivity contribution is 6.03. The molecule has 2 heterocycles. The Morgan fingerprint density at radius 3 is 2.58 bits per heavy atom. The van der Waals surface area contributed by atoms with Gasteiger partial charge in [-0.1, -0.05) is 32.0 Å². The van der Waals surface area contributed by atoms with Crippen LogP contribution in [0.15, 0.2) is 41.2 Å². The van der Waals surface area contributed by atoms with E-state index >= 15 is 0 Å². The van der Waals surface area contributed by atoms with Crippen LogP contribution >= 0.6 is 0 Å². The Bertz CT molecular complexity index is 883. The van der Waals surface area contributed by atoms with E-state index in [1.54, 1.807) is 0 Å². The zero-order chi connectivity index (χ0) is 16.9. The summed E-state index contributed by atoms with van der Waals surface area (Å²) in [6.45, 7) is 8.52. The fourth-order valence-electron chi connectivity index (χ4n) is 3.00. The van der Waals surface area contributed by atoms with Gasteiger partial charge in [0.2, 0.25) is 0 Å². The predicted octanol–water partition coefficient (Wildman–Crippen LogP) is 3.22.